The molecule has 0 aromatic heterocycles. The second-order valence-electron chi connectivity index (χ2n) is 2.66. The Hall–Kier alpha value is -2.24. The van der Waals surface area contributed by atoms with Gasteiger partial charge in [-0.1, -0.05) is 22.4 Å². The van der Waals surface area contributed by atoms with Crippen molar-refractivity contribution in [2.24, 2.45) is 16.0 Å². The van der Waals surface area contributed by atoms with Gasteiger partial charge < -0.3 is 20.9 Å². The van der Waals surface area contributed by atoms with Crippen molar-refractivity contribution in [2.45, 2.75) is 0 Å². The third-order valence-electron chi connectivity index (χ3n) is 1.62. The maximum absolute atomic E-state index is 8.39. The van der Waals surface area contributed by atoms with E-state index in [1.54, 1.807) is 24.3 Å². The Labute approximate surface area is 86.3 Å². The normalized spacial score (nSPS) is 11.9. The molecule has 0 heterocycles. The molecular formula is C9H11N3O3. The van der Waals surface area contributed by atoms with E-state index in [1.807, 2.05) is 0 Å². The molecule has 0 amide bonds. The van der Waals surface area contributed by atoms with Crippen LogP contribution < -0.4 is 10.5 Å². The van der Waals surface area contributed by atoms with Gasteiger partial charge in [0.2, 0.25) is 0 Å². The summed E-state index contributed by atoms with van der Waals surface area (Å²) < 4.78 is 5.22. The minimum atomic E-state index is -0.0364. The van der Waals surface area contributed by atoms with Gasteiger partial charge in [0, 0.05) is 5.56 Å². The van der Waals surface area contributed by atoms with Crippen molar-refractivity contribution in [3.8, 4) is 5.75 Å². The van der Waals surface area contributed by atoms with Crippen molar-refractivity contribution in [1.82, 2.24) is 0 Å². The highest BCUT2D eigenvalue weighted by molar-refractivity contribution is 5.84. The summed E-state index contributed by atoms with van der Waals surface area (Å²) in [7, 11) is 0. The number of ether oxygens (including phenoxy) is 1. The van der Waals surface area contributed by atoms with Crippen molar-refractivity contribution in [1.29, 1.82) is 0 Å². The smallest absolute Gasteiger partial charge is 0.177 e. The number of hydrogen-bond donors (Lipinski definition) is 3. The largest absolute Gasteiger partial charge is 0.485 e. The molecule has 1 rings (SSSR count). The first-order chi connectivity index (χ1) is 7.27. The zero-order valence-electron chi connectivity index (χ0n) is 7.87. The van der Waals surface area contributed by atoms with Crippen LogP contribution in [-0.2, 0) is 0 Å². The molecule has 0 unspecified atom stereocenters. The minimum absolute atomic E-state index is 0.0349. The summed E-state index contributed by atoms with van der Waals surface area (Å²) in [5, 5.41) is 22.4. The zero-order chi connectivity index (χ0) is 11.1. The summed E-state index contributed by atoms with van der Waals surface area (Å²) in [4.78, 5) is 0. The number of amidine groups is 1. The fraction of sp³-hybridized carbons (Fsp3) is 0.111. The van der Waals surface area contributed by atoms with Crippen LogP contribution in [0.5, 0.6) is 5.75 Å². The lowest BCUT2D eigenvalue weighted by atomic mass is 10.2. The Kier molecular flexibility index (Phi) is 3.96. The van der Waals surface area contributed by atoms with E-state index in [1.165, 1.54) is 6.21 Å². The molecule has 0 aliphatic rings. The van der Waals surface area contributed by atoms with Crippen LogP contribution in [0.25, 0.3) is 0 Å². The minimum Gasteiger partial charge on any atom is -0.485 e. The fourth-order valence-electron chi connectivity index (χ4n) is 0.961. The molecule has 4 N–H and O–H groups in total. The number of rotatable bonds is 4. The molecule has 0 aliphatic heterocycles. The standard InChI is InChI=1S/C9H11N3O3/c10-9(12-14)6-15-8-4-2-1-3-7(8)5-11-13/h1-5,13-14H,6H2,(H2,10,12)/b11-5+. The average Bonchev–Trinajstić information content (AvgIpc) is 2.28. The lowest BCUT2D eigenvalue weighted by Crippen LogP contribution is -2.21. The Balaban J connectivity index is 2.75. The first kappa shape index (κ1) is 10.8. The van der Waals surface area contributed by atoms with E-state index >= 15 is 0 Å². The summed E-state index contributed by atoms with van der Waals surface area (Å²) in [6.45, 7) is -0.0349. The van der Waals surface area contributed by atoms with Crippen LogP contribution in [-0.4, -0.2) is 29.1 Å². The van der Waals surface area contributed by atoms with Crippen molar-refractivity contribution in [3.63, 3.8) is 0 Å². The monoisotopic (exact) mass is 209 g/mol. The second kappa shape index (κ2) is 5.48. The number of para-hydroxylation sites is 1. The van der Waals surface area contributed by atoms with Crippen molar-refractivity contribution >= 4 is 12.1 Å². The van der Waals surface area contributed by atoms with E-state index < -0.39 is 0 Å². The van der Waals surface area contributed by atoms with E-state index in [0.717, 1.165) is 0 Å². The predicted octanol–water partition coefficient (Wildman–Crippen LogP) is 0.620. The summed E-state index contributed by atoms with van der Waals surface area (Å²) in [6.07, 6.45) is 1.24. The zero-order valence-corrected chi connectivity index (χ0v) is 7.87. The molecule has 6 heteroatoms. The molecule has 0 fully saturated rings. The Bertz CT molecular complexity index is 377. The highest BCUT2D eigenvalue weighted by Crippen LogP contribution is 2.15. The van der Waals surface area contributed by atoms with E-state index in [9.17, 15) is 0 Å². The number of benzene rings is 1. The summed E-state index contributed by atoms with van der Waals surface area (Å²) in [5.41, 5.74) is 5.84. The first-order valence-electron chi connectivity index (χ1n) is 4.13. The highest BCUT2D eigenvalue weighted by atomic mass is 16.5. The van der Waals surface area contributed by atoms with Crippen LogP contribution in [0, 0.1) is 0 Å². The lowest BCUT2D eigenvalue weighted by Gasteiger charge is -2.06. The van der Waals surface area contributed by atoms with Crippen LogP contribution in [0.4, 0.5) is 0 Å². The molecule has 0 atom stereocenters. The van der Waals surface area contributed by atoms with Gasteiger partial charge in [0.1, 0.15) is 12.4 Å². The van der Waals surface area contributed by atoms with E-state index in [2.05, 4.69) is 10.3 Å². The molecule has 0 saturated carbocycles. The van der Waals surface area contributed by atoms with Crippen LogP contribution in [0.2, 0.25) is 0 Å². The number of hydrogen-bond acceptors (Lipinski definition) is 5. The predicted molar refractivity (Wildman–Crippen MR) is 54.7 cm³/mol. The van der Waals surface area contributed by atoms with Gasteiger partial charge in [-0.3, -0.25) is 0 Å². The van der Waals surface area contributed by atoms with Crippen molar-refractivity contribution in [3.05, 3.63) is 29.8 Å². The van der Waals surface area contributed by atoms with Gasteiger partial charge in [-0.05, 0) is 12.1 Å². The van der Waals surface area contributed by atoms with Gasteiger partial charge in [-0.25, -0.2) is 0 Å². The summed E-state index contributed by atoms with van der Waals surface area (Å²) in [6, 6.07) is 6.92. The Morgan fingerprint density at radius 3 is 2.80 bits per heavy atom. The van der Waals surface area contributed by atoms with Gasteiger partial charge in [-0.15, -0.1) is 0 Å². The van der Waals surface area contributed by atoms with Gasteiger partial charge in [-0.2, -0.15) is 0 Å². The average molecular weight is 209 g/mol. The molecular weight excluding hydrogens is 198 g/mol. The second-order valence-corrected chi connectivity index (χ2v) is 2.66. The Morgan fingerprint density at radius 1 is 1.40 bits per heavy atom. The van der Waals surface area contributed by atoms with Gasteiger partial charge in [0.15, 0.2) is 5.84 Å². The van der Waals surface area contributed by atoms with E-state index in [-0.39, 0.29) is 12.4 Å². The topological polar surface area (TPSA) is 100 Å². The van der Waals surface area contributed by atoms with Crippen LogP contribution in [0.3, 0.4) is 0 Å². The summed E-state index contributed by atoms with van der Waals surface area (Å²) >= 11 is 0. The highest BCUT2D eigenvalue weighted by Gasteiger charge is 2.01. The van der Waals surface area contributed by atoms with Crippen molar-refractivity contribution < 1.29 is 15.2 Å². The molecule has 1 aromatic carbocycles. The molecule has 0 bridgehead atoms. The lowest BCUT2D eigenvalue weighted by molar-refractivity contribution is 0.306. The Morgan fingerprint density at radius 2 is 2.13 bits per heavy atom. The summed E-state index contributed by atoms with van der Waals surface area (Å²) in [5.74, 6) is 0.452. The van der Waals surface area contributed by atoms with Crippen molar-refractivity contribution in [2.75, 3.05) is 6.61 Å². The third-order valence-corrected chi connectivity index (χ3v) is 1.62. The molecule has 1 aromatic rings. The molecule has 0 radical (unpaired) electrons. The van der Waals surface area contributed by atoms with E-state index in [0.29, 0.717) is 11.3 Å². The van der Waals surface area contributed by atoms with Crippen LogP contribution in [0.1, 0.15) is 5.56 Å². The molecule has 6 nitrogen and oxygen atoms in total. The molecule has 0 aliphatic carbocycles. The van der Waals surface area contributed by atoms with Gasteiger partial charge >= 0.3 is 0 Å². The maximum Gasteiger partial charge on any atom is 0.177 e. The molecule has 80 valence electrons. The first-order valence-corrected chi connectivity index (χ1v) is 4.13. The quantitative estimate of drug-likeness (QED) is 0.293. The maximum atomic E-state index is 8.39. The third kappa shape index (κ3) is 3.18. The van der Waals surface area contributed by atoms with Crippen LogP contribution >= 0.6 is 0 Å². The van der Waals surface area contributed by atoms with E-state index in [4.69, 9.17) is 20.9 Å². The van der Waals surface area contributed by atoms with Gasteiger partial charge in [0.05, 0.1) is 6.21 Å². The molecule has 0 saturated heterocycles. The number of nitrogens with two attached hydrogens (primary N) is 1. The SMILES string of the molecule is N/C(COc1ccccc1/C=N/O)=N\O. The number of nitrogens with zero attached hydrogens (tertiary/aromatic N) is 2. The molecule has 0 spiro atoms. The fourth-order valence-corrected chi connectivity index (χ4v) is 0.961. The van der Waals surface area contributed by atoms with Crippen LogP contribution in [0.15, 0.2) is 34.6 Å². The molecule has 15 heavy (non-hydrogen) atoms. The number of oxime groups is 2. The van der Waals surface area contributed by atoms with Gasteiger partial charge in [0.25, 0.3) is 0 Å².